The number of aromatic nitrogens is 2. The third-order valence-electron chi connectivity index (χ3n) is 5.29. The highest BCUT2D eigenvalue weighted by molar-refractivity contribution is 9.10. The van der Waals surface area contributed by atoms with Crippen LogP contribution in [-0.4, -0.2) is 28.6 Å². The van der Waals surface area contributed by atoms with E-state index in [-0.39, 0.29) is 5.91 Å². The fourth-order valence-electron chi connectivity index (χ4n) is 3.69. The molecule has 4 rings (SSSR count). The molecule has 0 bridgehead atoms. The zero-order valence-electron chi connectivity index (χ0n) is 18.1. The molecule has 5 nitrogen and oxygen atoms in total. The molecular weight excluding hydrogens is 502 g/mol. The maximum absolute atomic E-state index is 12.4. The van der Waals surface area contributed by atoms with Crippen molar-refractivity contribution in [3.05, 3.63) is 93.7 Å². The summed E-state index contributed by atoms with van der Waals surface area (Å²) in [6.07, 6.45) is 2.45. The Morgan fingerprint density at radius 1 is 1.03 bits per heavy atom. The number of para-hydroxylation sites is 2. The van der Waals surface area contributed by atoms with Gasteiger partial charge in [-0.25, -0.2) is 4.98 Å². The van der Waals surface area contributed by atoms with Crippen molar-refractivity contribution in [3.8, 4) is 5.75 Å². The van der Waals surface area contributed by atoms with E-state index >= 15 is 0 Å². The molecule has 1 heterocycles. The van der Waals surface area contributed by atoms with Crippen molar-refractivity contribution < 1.29 is 9.53 Å². The second kappa shape index (κ2) is 11.3. The number of fused-ring (bicyclic) bond motifs is 1. The topological polar surface area (TPSA) is 56.2 Å². The minimum atomic E-state index is -0.0656. The minimum Gasteiger partial charge on any atom is -0.494 e. The van der Waals surface area contributed by atoms with Crippen molar-refractivity contribution in [2.45, 2.75) is 25.8 Å². The van der Waals surface area contributed by atoms with Gasteiger partial charge in [-0.05, 0) is 67.4 Å². The number of hydrogen-bond donors (Lipinski definition) is 1. The summed E-state index contributed by atoms with van der Waals surface area (Å²) in [6.45, 7) is 2.01. The Kier molecular flexibility index (Phi) is 8.02. The number of amides is 1. The average molecular weight is 527 g/mol. The molecule has 3 aromatic carbocycles. The molecule has 0 aliphatic rings. The monoisotopic (exact) mass is 525 g/mol. The first-order chi connectivity index (χ1) is 16.1. The Morgan fingerprint density at radius 2 is 1.85 bits per heavy atom. The summed E-state index contributed by atoms with van der Waals surface area (Å²) in [6, 6.07) is 23.0. The van der Waals surface area contributed by atoms with Crippen LogP contribution in [0.4, 0.5) is 0 Å². The van der Waals surface area contributed by atoms with E-state index in [2.05, 4.69) is 31.9 Å². The lowest BCUT2D eigenvalue weighted by Gasteiger charge is -2.11. The predicted molar refractivity (Wildman–Crippen MR) is 136 cm³/mol. The van der Waals surface area contributed by atoms with Gasteiger partial charge < -0.3 is 14.6 Å². The van der Waals surface area contributed by atoms with Crippen molar-refractivity contribution >= 4 is 44.5 Å². The number of ether oxygens (including phenoxy) is 1. The molecule has 0 aliphatic heterocycles. The maximum Gasteiger partial charge on any atom is 0.251 e. The zero-order valence-corrected chi connectivity index (χ0v) is 20.5. The molecule has 0 radical (unpaired) electrons. The number of aryl methyl sites for hydroxylation is 2. The Morgan fingerprint density at radius 3 is 2.67 bits per heavy atom. The lowest BCUT2D eigenvalue weighted by Crippen LogP contribution is -2.25. The van der Waals surface area contributed by atoms with Gasteiger partial charge in [0.1, 0.15) is 11.6 Å². The quantitative estimate of drug-likeness (QED) is 0.247. The third kappa shape index (κ3) is 6.36. The highest BCUT2D eigenvalue weighted by Crippen LogP contribution is 2.19. The van der Waals surface area contributed by atoms with Crippen LogP contribution in [0.1, 0.15) is 29.0 Å². The summed E-state index contributed by atoms with van der Waals surface area (Å²) in [4.78, 5) is 17.2. The van der Waals surface area contributed by atoms with Gasteiger partial charge in [0.15, 0.2) is 0 Å². The summed E-state index contributed by atoms with van der Waals surface area (Å²) >= 11 is 9.33. The van der Waals surface area contributed by atoms with Gasteiger partial charge >= 0.3 is 0 Å². The Bertz CT molecular complexity index is 1220. The second-order valence-electron chi connectivity index (χ2n) is 7.69. The predicted octanol–water partition coefficient (Wildman–Crippen LogP) is 6.28. The molecule has 0 saturated carbocycles. The summed E-state index contributed by atoms with van der Waals surface area (Å²) in [5.74, 6) is 1.78. The molecule has 0 atom stereocenters. The van der Waals surface area contributed by atoms with Crippen LogP contribution in [0.5, 0.6) is 5.75 Å². The molecule has 170 valence electrons. The normalized spacial score (nSPS) is 11.0. The van der Waals surface area contributed by atoms with Crippen LogP contribution in [0, 0.1) is 0 Å². The van der Waals surface area contributed by atoms with Crippen molar-refractivity contribution in [1.82, 2.24) is 14.9 Å². The molecule has 1 N–H and O–H groups in total. The van der Waals surface area contributed by atoms with E-state index in [9.17, 15) is 4.79 Å². The van der Waals surface area contributed by atoms with Crippen LogP contribution in [0.15, 0.2) is 77.3 Å². The summed E-state index contributed by atoms with van der Waals surface area (Å²) < 4.78 is 9.00. The van der Waals surface area contributed by atoms with Gasteiger partial charge in [0.25, 0.3) is 5.91 Å². The van der Waals surface area contributed by atoms with Gasteiger partial charge in [-0.3, -0.25) is 4.79 Å². The number of nitrogens with zero attached hydrogens (tertiary/aromatic N) is 2. The van der Waals surface area contributed by atoms with E-state index < -0.39 is 0 Å². The number of carbonyl (C=O) groups excluding carboxylic acids is 1. The summed E-state index contributed by atoms with van der Waals surface area (Å²) in [5.41, 5.74) is 2.76. The number of carbonyl (C=O) groups is 1. The Balaban J connectivity index is 1.32. The van der Waals surface area contributed by atoms with Crippen LogP contribution >= 0.6 is 27.5 Å². The highest BCUT2D eigenvalue weighted by Gasteiger charge is 2.11. The molecule has 33 heavy (non-hydrogen) atoms. The van der Waals surface area contributed by atoms with E-state index in [1.54, 1.807) is 0 Å². The lowest BCUT2D eigenvalue weighted by molar-refractivity contribution is 0.0953. The van der Waals surface area contributed by atoms with Gasteiger partial charge in [0, 0.05) is 34.6 Å². The lowest BCUT2D eigenvalue weighted by atomic mass is 10.2. The van der Waals surface area contributed by atoms with Crippen LogP contribution < -0.4 is 10.1 Å². The van der Waals surface area contributed by atoms with Gasteiger partial charge in [-0.1, -0.05) is 45.7 Å². The summed E-state index contributed by atoms with van der Waals surface area (Å²) in [5, 5.41) is 3.70. The fourth-order valence-corrected chi connectivity index (χ4v) is 4.21. The number of halogens is 2. The Hall–Kier alpha value is -2.83. The molecule has 0 aliphatic carbocycles. The SMILES string of the molecule is O=C(NCCCc1nc2ccccc2n1CCCOc1ccc(Cl)cc1)c1cccc(Br)c1. The number of nitrogens with one attached hydrogen (secondary N) is 1. The molecule has 1 amide bonds. The van der Waals surface area contributed by atoms with Crippen LogP contribution in [0.2, 0.25) is 5.02 Å². The summed E-state index contributed by atoms with van der Waals surface area (Å²) in [7, 11) is 0. The average Bonchev–Trinajstić information content (AvgIpc) is 3.18. The molecule has 0 spiro atoms. The van der Waals surface area contributed by atoms with Gasteiger partial charge in [-0.2, -0.15) is 0 Å². The molecule has 7 heteroatoms. The molecule has 0 saturated heterocycles. The molecular formula is C26H25BrClN3O2. The van der Waals surface area contributed by atoms with Crippen LogP contribution in [-0.2, 0) is 13.0 Å². The third-order valence-corrected chi connectivity index (χ3v) is 6.04. The smallest absolute Gasteiger partial charge is 0.251 e. The van der Waals surface area contributed by atoms with Crippen molar-refractivity contribution in [3.63, 3.8) is 0 Å². The zero-order chi connectivity index (χ0) is 23.0. The Labute approximate surface area is 206 Å². The number of benzene rings is 3. The first kappa shape index (κ1) is 23.3. The fraction of sp³-hybridized carbons (Fsp3) is 0.231. The first-order valence-electron chi connectivity index (χ1n) is 11.0. The highest BCUT2D eigenvalue weighted by atomic mass is 79.9. The largest absolute Gasteiger partial charge is 0.494 e. The maximum atomic E-state index is 12.4. The molecule has 4 aromatic rings. The molecule has 0 unspecified atom stereocenters. The standard InChI is InChI=1S/C26H25BrClN3O2/c27-20-7-3-6-19(18-20)26(32)29-15-4-10-25-30-23-8-1-2-9-24(23)31(25)16-5-17-33-22-13-11-21(28)12-14-22/h1-3,6-9,11-14,18H,4-5,10,15-17H2,(H,29,32). The van der Waals surface area contributed by atoms with Gasteiger partial charge in [0.05, 0.1) is 17.6 Å². The second-order valence-corrected chi connectivity index (χ2v) is 9.05. The minimum absolute atomic E-state index is 0.0656. The first-order valence-corrected chi connectivity index (χ1v) is 12.1. The van der Waals surface area contributed by atoms with Crippen LogP contribution in [0.3, 0.4) is 0 Å². The number of hydrogen-bond acceptors (Lipinski definition) is 3. The van der Waals surface area contributed by atoms with E-state index in [1.165, 1.54) is 0 Å². The number of imidazole rings is 1. The molecule has 1 aromatic heterocycles. The van der Waals surface area contributed by atoms with Crippen LogP contribution in [0.25, 0.3) is 11.0 Å². The van der Waals surface area contributed by atoms with E-state index in [4.69, 9.17) is 21.3 Å². The van der Waals surface area contributed by atoms with Crippen molar-refractivity contribution in [2.24, 2.45) is 0 Å². The van der Waals surface area contributed by atoms with Crippen molar-refractivity contribution in [1.29, 1.82) is 0 Å². The van der Waals surface area contributed by atoms with Gasteiger partial charge in [-0.15, -0.1) is 0 Å². The van der Waals surface area contributed by atoms with E-state index in [0.29, 0.717) is 23.7 Å². The van der Waals surface area contributed by atoms with E-state index in [0.717, 1.165) is 52.9 Å². The van der Waals surface area contributed by atoms with E-state index in [1.807, 2.05) is 66.7 Å². The van der Waals surface area contributed by atoms with Crippen molar-refractivity contribution in [2.75, 3.05) is 13.2 Å². The molecule has 0 fully saturated rings. The number of rotatable bonds is 10. The van der Waals surface area contributed by atoms with Gasteiger partial charge in [0.2, 0.25) is 0 Å².